The number of fused-ring (bicyclic) bond motifs is 2. The van der Waals surface area contributed by atoms with Crippen LogP contribution in [0.5, 0.6) is 0 Å². The van der Waals surface area contributed by atoms with Gasteiger partial charge in [-0.3, -0.25) is 24.3 Å². The minimum atomic E-state index is -0.433. The normalized spacial score (nSPS) is 13.1. The SMILES string of the molecule is CC(C)n1c(SCC(=O)N2CCc3cc([N+](=O)[O-])ccc32)nc2ccccc2c1=O. The smallest absolute Gasteiger partial charge is 0.269 e. The third kappa shape index (κ3) is 3.56. The third-order valence-electron chi connectivity index (χ3n) is 5.09. The number of amides is 1. The number of aromatic nitrogens is 2. The van der Waals surface area contributed by atoms with E-state index in [1.165, 1.54) is 23.9 Å². The Morgan fingerprint density at radius 2 is 2.03 bits per heavy atom. The van der Waals surface area contributed by atoms with Gasteiger partial charge in [0.25, 0.3) is 11.2 Å². The molecular formula is C21H20N4O4S. The molecule has 2 aromatic carbocycles. The van der Waals surface area contributed by atoms with Crippen LogP contribution in [0.1, 0.15) is 25.5 Å². The summed E-state index contributed by atoms with van der Waals surface area (Å²) >= 11 is 1.23. The van der Waals surface area contributed by atoms with Gasteiger partial charge in [-0.1, -0.05) is 23.9 Å². The van der Waals surface area contributed by atoms with Gasteiger partial charge in [-0.25, -0.2) is 4.98 Å². The first kappa shape index (κ1) is 20.1. The third-order valence-corrected chi connectivity index (χ3v) is 6.02. The molecule has 0 spiro atoms. The van der Waals surface area contributed by atoms with Gasteiger partial charge in [0.1, 0.15) is 0 Å². The minimum Gasteiger partial charge on any atom is -0.311 e. The highest BCUT2D eigenvalue weighted by molar-refractivity contribution is 7.99. The zero-order valence-electron chi connectivity index (χ0n) is 16.6. The van der Waals surface area contributed by atoms with Crippen LogP contribution in [0.25, 0.3) is 10.9 Å². The molecule has 8 nitrogen and oxygen atoms in total. The van der Waals surface area contributed by atoms with Crippen LogP contribution in [0.2, 0.25) is 0 Å². The van der Waals surface area contributed by atoms with Gasteiger partial charge in [0.05, 0.1) is 21.6 Å². The Bertz CT molecular complexity index is 1220. The number of anilines is 1. The van der Waals surface area contributed by atoms with Crippen LogP contribution in [0.4, 0.5) is 11.4 Å². The molecule has 3 aromatic rings. The number of rotatable bonds is 5. The largest absolute Gasteiger partial charge is 0.311 e. The molecule has 9 heteroatoms. The summed E-state index contributed by atoms with van der Waals surface area (Å²) in [6.07, 6.45) is 0.582. The molecule has 0 N–H and O–H groups in total. The van der Waals surface area contributed by atoms with Crippen LogP contribution in [-0.4, -0.2) is 32.7 Å². The van der Waals surface area contributed by atoms with Gasteiger partial charge in [-0.2, -0.15) is 0 Å². The van der Waals surface area contributed by atoms with Crippen molar-refractivity contribution in [3.05, 3.63) is 68.5 Å². The van der Waals surface area contributed by atoms with Gasteiger partial charge in [0, 0.05) is 30.4 Å². The van der Waals surface area contributed by atoms with Crippen molar-refractivity contribution in [2.24, 2.45) is 0 Å². The molecule has 0 saturated heterocycles. The maximum Gasteiger partial charge on any atom is 0.269 e. The van der Waals surface area contributed by atoms with Crippen LogP contribution in [0.15, 0.2) is 52.4 Å². The predicted octanol–water partition coefficient (Wildman–Crippen LogP) is 3.57. The molecular weight excluding hydrogens is 404 g/mol. The fourth-order valence-electron chi connectivity index (χ4n) is 3.65. The highest BCUT2D eigenvalue weighted by Crippen LogP contribution is 2.32. The van der Waals surface area contributed by atoms with Crippen molar-refractivity contribution < 1.29 is 9.72 Å². The number of thioether (sulfide) groups is 1. The van der Waals surface area contributed by atoms with Gasteiger partial charge in [0.2, 0.25) is 5.91 Å². The number of carbonyl (C=O) groups excluding carboxylic acids is 1. The average Bonchev–Trinajstić information content (AvgIpc) is 3.15. The molecule has 1 amide bonds. The van der Waals surface area contributed by atoms with Crippen LogP contribution in [0.3, 0.4) is 0 Å². The second-order valence-electron chi connectivity index (χ2n) is 7.33. The number of nitro groups is 1. The summed E-state index contributed by atoms with van der Waals surface area (Å²) < 4.78 is 1.61. The molecule has 0 fully saturated rings. The van der Waals surface area contributed by atoms with Gasteiger partial charge in [0.15, 0.2) is 5.16 Å². The number of nitro benzene ring substituents is 1. The van der Waals surface area contributed by atoms with Crippen LogP contribution < -0.4 is 10.5 Å². The lowest BCUT2D eigenvalue weighted by Gasteiger charge is -2.19. The Labute approximate surface area is 176 Å². The number of non-ortho nitro benzene ring substituents is 1. The molecule has 154 valence electrons. The van der Waals surface area contributed by atoms with E-state index in [4.69, 9.17) is 0 Å². The maximum absolute atomic E-state index is 12.9. The van der Waals surface area contributed by atoms with Crippen LogP contribution in [-0.2, 0) is 11.2 Å². The predicted molar refractivity (Wildman–Crippen MR) is 116 cm³/mol. The van der Waals surface area contributed by atoms with Crippen molar-refractivity contribution in [3.63, 3.8) is 0 Å². The topological polar surface area (TPSA) is 98.3 Å². The van der Waals surface area contributed by atoms with Crippen molar-refractivity contribution >= 4 is 39.9 Å². The van der Waals surface area contributed by atoms with E-state index in [-0.39, 0.29) is 28.9 Å². The summed E-state index contributed by atoms with van der Waals surface area (Å²) in [6, 6.07) is 11.6. The van der Waals surface area contributed by atoms with Crippen LogP contribution in [0, 0.1) is 10.1 Å². The minimum absolute atomic E-state index is 0.0266. The number of hydrogen-bond acceptors (Lipinski definition) is 6. The lowest BCUT2D eigenvalue weighted by molar-refractivity contribution is -0.384. The molecule has 0 bridgehead atoms. The van der Waals surface area contributed by atoms with Crippen molar-refractivity contribution in [1.82, 2.24) is 9.55 Å². The van der Waals surface area contributed by atoms with Gasteiger partial charge in [-0.05, 0) is 44.0 Å². The summed E-state index contributed by atoms with van der Waals surface area (Å²) in [6.45, 7) is 4.30. The lowest BCUT2D eigenvalue weighted by Crippen LogP contribution is -2.31. The molecule has 4 rings (SSSR count). The van der Waals surface area contributed by atoms with Crippen LogP contribution >= 0.6 is 11.8 Å². The second kappa shape index (κ2) is 7.91. The maximum atomic E-state index is 12.9. The van der Waals surface area contributed by atoms with E-state index in [2.05, 4.69) is 4.98 Å². The van der Waals surface area contributed by atoms with Gasteiger partial charge in [-0.15, -0.1) is 0 Å². The standard InChI is InChI=1S/C21H20N4O4S/c1-13(2)24-20(27)16-5-3-4-6-17(16)22-21(24)30-12-19(26)23-10-9-14-11-15(25(28)29)7-8-18(14)23/h3-8,11,13H,9-10,12H2,1-2H3. The first-order chi connectivity index (χ1) is 14.4. The van der Waals surface area contributed by atoms with Gasteiger partial charge < -0.3 is 4.90 Å². The van der Waals surface area contributed by atoms with Gasteiger partial charge >= 0.3 is 0 Å². The summed E-state index contributed by atoms with van der Waals surface area (Å²) in [4.78, 5) is 42.6. The van der Waals surface area contributed by atoms with E-state index in [0.717, 1.165) is 5.56 Å². The van der Waals surface area contributed by atoms with Crippen molar-refractivity contribution in [2.45, 2.75) is 31.5 Å². The van der Waals surface area contributed by atoms with Crippen molar-refractivity contribution in [3.8, 4) is 0 Å². The number of hydrogen-bond donors (Lipinski definition) is 0. The molecule has 2 heterocycles. The zero-order valence-corrected chi connectivity index (χ0v) is 17.4. The van der Waals surface area contributed by atoms with Crippen molar-refractivity contribution in [1.29, 1.82) is 0 Å². The summed E-state index contributed by atoms with van der Waals surface area (Å²) in [5, 5.41) is 12.0. The number of para-hydroxylation sites is 1. The number of benzene rings is 2. The molecule has 1 aliphatic rings. The highest BCUT2D eigenvalue weighted by atomic mass is 32.2. The number of nitrogens with zero attached hydrogens (tertiary/aromatic N) is 4. The first-order valence-electron chi connectivity index (χ1n) is 9.58. The van der Waals surface area contributed by atoms with Crippen molar-refractivity contribution in [2.75, 3.05) is 17.2 Å². The Morgan fingerprint density at radius 1 is 1.27 bits per heavy atom. The Kier molecular flexibility index (Phi) is 5.29. The fourth-order valence-corrected chi connectivity index (χ4v) is 4.65. The van der Waals surface area contributed by atoms with E-state index in [1.807, 2.05) is 26.0 Å². The second-order valence-corrected chi connectivity index (χ2v) is 8.28. The first-order valence-corrected chi connectivity index (χ1v) is 10.6. The highest BCUT2D eigenvalue weighted by Gasteiger charge is 2.27. The molecule has 0 unspecified atom stereocenters. The molecule has 0 atom stereocenters. The Hall–Kier alpha value is -3.20. The Balaban J connectivity index is 1.58. The van der Waals surface area contributed by atoms with E-state index < -0.39 is 4.92 Å². The number of carbonyl (C=O) groups is 1. The van der Waals surface area contributed by atoms with E-state index >= 15 is 0 Å². The molecule has 1 aliphatic heterocycles. The Morgan fingerprint density at radius 3 is 2.77 bits per heavy atom. The molecule has 0 radical (unpaired) electrons. The lowest BCUT2D eigenvalue weighted by atomic mass is 10.1. The molecule has 0 aliphatic carbocycles. The average molecular weight is 424 g/mol. The molecule has 0 saturated carbocycles. The monoisotopic (exact) mass is 424 g/mol. The summed E-state index contributed by atoms with van der Waals surface area (Å²) in [5.74, 6) is -0.00110. The van der Waals surface area contributed by atoms with E-state index in [0.29, 0.717) is 34.7 Å². The molecule has 1 aromatic heterocycles. The quantitative estimate of drug-likeness (QED) is 0.269. The fraction of sp³-hybridized carbons (Fsp3) is 0.286. The summed E-state index contributed by atoms with van der Waals surface area (Å²) in [5.41, 5.74) is 2.01. The van der Waals surface area contributed by atoms with E-state index in [1.54, 1.807) is 27.7 Å². The molecule has 30 heavy (non-hydrogen) atoms. The zero-order chi connectivity index (χ0) is 21.4. The summed E-state index contributed by atoms with van der Waals surface area (Å²) in [7, 11) is 0. The van der Waals surface area contributed by atoms with E-state index in [9.17, 15) is 19.7 Å².